The Labute approximate surface area is 116 Å². The quantitative estimate of drug-likeness (QED) is 0.907. The van der Waals surface area contributed by atoms with Gasteiger partial charge in [-0.15, -0.1) is 0 Å². The molecule has 0 saturated carbocycles. The van der Waals surface area contributed by atoms with Crippen LogP contribution in [0.5, 0.6) is 0 Å². The summed E-state index contributed by atoms with van der Waals surface area (Å²) < 4.78 is 5.20. The second-order valence-electron chi connectivity index (χ2n) is 5.29. The highest BCUT2D eigenvalue weighted by Crippen LogP contribution is 2.24. The van der Waals surface area contributed by atoms with Crippen molar-refractivity contribution in [2.24, 2.45) is 0 Å². The van der Waals surface area contributed by atoms with Gasteiger partial charge in [0.05, 0.1) is 0 Å². The van der Waals surface area contributed by atoms with E-state index in [4.69, 9.17) is 16.1 Å². The Bertz CT molecular complexity index is 599. The lowest BCUT2D eigenvalue weighted by Gasteiger charge is -2.12. The lowest BCUT2D eigenvalue weighted by molar-refractivity contribution is 0.102. The topological polar surface area (TPSA) is 55.1 Å². The predicted octanol–water partition coefficient (Wildman–Crippen LogP) is 3.88. The second-order valence-corrected chi connectivity index (χ2v) is 5.73. The molecule has 0 aliphatic heterocycles. The number of benzene rings is 1. The van der Waals surface area contributed by atoms with Gasteiger partial charge in [-0.2, -0.15) is 0 Å². The molecule has 0 fully saturated rings. The highest BCUT2D eigenvalue weighted by Gasteiger charge is 2.20. The summed E-state index contributed by atoms with van der Waals surface area (Å²) in [5.41, 5.74) is 0.333. The third-order valence-corrected chi connectivity index (χ3v) is 2.81. The summed E-state index contributed by atoms with van der Waals surface area (Å²) in [5.74, 6) is 0.847. The number of aromatic nitrogens is 1. The zero-order valence-corrected chi connectivity index (χ0v) is 11.8. The number of nitrogens with one attached hydrogen (secondary N) is 1. The number of carbonyl (C=O) groups excluding carboxylic acids is 1. The van der Waals surface area contributed by atoms with Crippen LogP contribution in [0.1, 0.15) is 36.9 Å². The van der Waals surface area contributed by atoms with E-state index in [1.807, 2.05) is 20.8 Å². The van der Waals surface area contributed by atoms with Gasteiger partial charge in [0.1, 0.15) is 5.76 Å². The van der Waals surface area contributed by atoms with Crippen molar-refractivity contribution in [2.45, 2.75) is 26.2 Å². The molecule has 0 bridgehead atoms. The zero-order valence-electron chi connectivity index (χ0n) is 11.0. The highest BCUT2D eigenvalue weighted by atomic mass is 35.5. The molecule has 0 aliphatic rings. The molecule has 1 amide bonds. The molecule has 5 heteroatoms. The maximum absolute atomic E-state index is 12.0. The van der Waals surface area contributed by atoms with Crippen LogP contribution < -0.4 is 5.32 Å². The molecule has 19 heavy (non-hydrogen) atoms. The summed E-state index contributed by atoms with van der Waals surface area (Å²) in [6.45, 7) is 6.03. The Balaban J connectivity index is 2.13. The van der Waals surface area contributed by atoms with Gasteiger partial charge in [0.25, 0.3) is 5.91 Å². The number of hydrogen-bond donors (Lipinski definition) is 1. The van der Waals surface area contributed by atoms with Crippen LogP contribution in [-0.2, 0) is 5.41 Å². The molecule has 100 valence electrons. The van der Waals surface area contributed by atoms with Crippen molar-refractivity contribution in [3.8, 4) is 0 Å². The van der Waals surface area contributed by atoms with Gasteiger partial charge in [0.15, 0.2) is 5.82 Å². The molecule has 0 unspecified atom stereocenters. The lowest BCUT2D eigenvalue weighted by atomic mass is 9.93. The maximum Gasteiger partial charge on any atom is 0.256 e. The number of nitrogens with zero attached hydrogens (tertiary/aromatic N) is 1. The SMILES string of the molecule is CC(C)(C)c1cc(NC(=O)c2cccc(Cl)c2)no1. The van der Waals surface area contributed by atoms with Crippen LogP contribution in [0.25, 0.3) is 0 Å². The molecule has 1 aromatic heterocycles. The van der Waals surface area contributed by atoms with Crippen LogP contribution in [0.3, 0.4) is 0 Å². The molecule has 0 spiro atoms. The van der Waals surface area contributed by atoms with Gasteiger partial charge in [0.2, 0.25) is 0 Å². The van der Waals surface area contributed by atoms with Gasteiger partial charge in [-0.05, 0) is 18.2 Å². The number of anilines is 1. The summed E-state index contributed by atoms with van der Waals surface area (Å²) in [7, 11) is 0. The van der Waals surface area contributed by atoms with Gasteiger partial charge >= 0.3 is 0 Å². The first-order chi connectivity index (χ1) is 8.86. The normalized spacial score (nSPS) is 11.4. The number of halogens is 1. The fourth-order valence-electron chi connectivity index (χ4n) is 1.51. The van der Waals surface area contributed by atoms with Gasteiger partial charge < -0.3 is 9.84 Å². The molecule has 4 nitrogen and oxygen atoms in total. The predicted molar refractivity (Wildman–Crippen MR) is 74.6 cm³/mol. The molecule has 1 heterocycles. The summed E-state index contributed by atoms with van der Waals surface area (Å²) in [5, 5.41) is 7.02. The van der Waals surface area contributed by atoms with Gasteiger partial charge in [-0.3, -0.25) is 4.79 Å². The van der Waals surface area contributed by atoms with Gasteiger partial charge in [-0.1, -0.05) is 43.6 Å². The van der Waals surface area contributed by atoms with E-state index in [9.17, 15) is 4.79 Å². The smallest absolute Gasteiger partial charge is 0.256 e. The molecule has 1 aromatic carbocycles. The van der Waals surface area contributed by atoms with Crippen molar-refractivity contribution in [3.63, 3.8) is 0 Å². The minimum atomic E-state index is -0.267. The van der Waals surface area contributed by atoms with Crippen molar-refractivity contribution < 1.29 is 9.32 Å². The van der Waals surface area contributed by atoms with Crippen LogP contribution in [0.15, 0.2) is 34.9 Å². The van der Waals surface area contributed by atoms with E-state index in [0.717, 1.165) is 0 Å². The van der Waals surface area contributed by atoms with Crippen molar-refractivity contribution in [3.05, 3.63) is 46.7 Å². The first-order valence-corrected chi connectivity index (χ1v) is 6.28. The monoisotopic (exact) mass is 278 g/mol. The first-order valence-electron chi connectivity index (χ1n) is 5.90. The molecule has 2 rings (SSSR count). The van der Waals surface area contributed by atoms with Crippen LogP contribution in [0.2, 0.25) is 5.02 Å². The summed E-state index contributed by atoms with van der Waals surface area (Å²) in [4.78, 5) is 12.0. The van der Waals surface area contributed by atoms with E-state index < -0.39 is 0 Å². The molecule has 0 atom stereocenters. The summed E-state index contributed by atoms with van der Waals surface area (Å²) >= 11 is 5.84. The fourth-order valence-corrected chi connectivity index (χ4v) is 1.70. The molecular weight excluding hydrogens is 264 g/mol. The van der Waals surface area contributed by atoms with E-state index in [1.54, 1.807) is 30.3 Å². The van der Waals surface area contributed by atoms with Crippen molar-refractivity contribution >= 4 is 23.3 Å². The number of hydrogen-bond acceptors (Lipinski definition) is 3. The number of carbonyl (C=O) groups is 1. The second kappa shape index (κ2) is 5.05. The average Bonchev–Trinajstić information content (AvgIpc) is 2.77. The van der Waals surface area contributed by atoms with Crippen LogP contribution in [0, 0.1) is 0 Å². The van der Waals surface area contributed by atoms with Crippen LogP contribution >= 0.6 is 11.6 Å². The lowest BCUT2D eigenvalue weighted by Crippen LogP contribution is -2.12. The van der Waals surface area contributed by atoms with Crippen molar-refractivity contribution in [1.82, 2.24) is 5.16 Å². The minimum Gasteiger partial charge on any atom is -0.359 e. The molecule has 2 aromatic rings. The van der Waals surface area contributed by atoms with E-state index in [0.29, 0.717) is 22.2 Å². The van der Waals surface area contributed by atoms with Gasteiger partial charge in [0, 0.05) is 22.1 Å². The van der Waals surface area contributed by atoms with Crippen molar-refractivity contribution in [2.75, 3.05) is 5.32 Å². The van der Waals surface area contributed by atoms with Crippen LogP contribution in [0.4, 0.5) is 5.82 Å². The number of rotatable bonds is 2. The zero-order chi connectivity index (χ0) is 14.0. The third kappa shape index (κ3) is 3.35. The Kier molecular flexibility index (Phi) is 3.62. The van der Waals surface area contributed by atoms with E-state index in [-0.39, 0.29) is 11.3 Å². The highest BCUT2D eigenvalue weighted by molar-refractivity contribution is 6.31. The van der Waals surface area contributed by atoms with E-state index >= 15 is 0 Å². The Hall–Kier alpha value is -1.81. The van der Waals surface area contributed by atoms with E-state index in [1.165, 1.54) is 0 Å². The Morgan fingerprint density at radius 1 is 1.32 bits per heavy atom. The number of amides is 1. The van der Waals surface area contributed by atoms with Gasteiger partial charge in [-0.25, -0.2) is 0 Å². The standard InChI is InChI=1S/C14H15ClN2O2/c1-14(2,3)11-8-12(17-19-11)16-13(18)9-5-4-6-10(15)7-9/h4-8H,1-3H3,(H,16,17,18). The van der Waals surface area contributed by atoms with Crippen molar-refractivity contribution in [1.29, 1.82) is 0 Å². The largest absolute Gasteiger partial charge is 0.359 e. The average molecular weight is 279 g/mol. The molecule has 1 N–H and O–H groups in total. The first kappa shape index (κ1) is 13.6. The minimum absolute atomic E-state index is 0.147. The van der Waals surface area contributed by atoms with E-state index in [2.05, 4.69) is 10.5 Å². The molecule has 0 radical (unpaired) electrons. The summed E-state index contributed by atoms with van der Waals surface area (Å²) in [6.07, 6.45) is 0. The molecular formula is C14H15ClN2O2. The fraction of sp³-hybridized carbons (Fsp3) is 0.286. The Morgan fingerprint density at radius 2 is 2.05 bits per heavy atom. The molecule has 0 aliphatic carbocycles. The maximum atomic E-state index is 12.0. The molecule has 0 saturated heterocycles. The van der Waals surface area contributed by atoms with Crippen LogP contribution in [-0.4, -0.2) is 11.1 Å². The summed E-state index contributed by atoms with van der Waals surface area (Å²) in [6, 6.07) is 8.45. The Morgan fingerprint density at radius 3 is 2.63 bits per heavy atom. The third-order valence-electron chi connectivity index (χ3n) is 2.58.